The van der Waals surface area contributed by atoms with E-state index in [2.05, 4.69) is 10.0 Å². The van der Waals surface area contributed by atoms with Crippen molar-refractivity contribution < 1.29 is 32.7 Å². The number of phenols is 1. The van der Waals surface area contributed by atoms with Gasteiger partial charge in [-0.05, 0) is 36.4 Å². The molecule has 1 aliphatic rings. The molecule has 0 saturated heterocycles. The second-order valence-corrected chi connectivity index (χ2v) is 8.55. The number of phenolic OH excluding ortho intramolecular Hbond substituents is 1. The minimum absolute atomic E-state index is 0.0178. The van der Waals surface area contributed by atoms with E-state index in [0.29, 0.717) is 30.4 Å². The van der Waals surface area contributed by atoms with Crippen LogP contribution in [0.2, 0.25) is 0 Å². The van der Waals surface area contributed by atoms with Crippen molar-refractivity contribution in [3.63, 3.8) is 0 Å². The molecule has 0 saturated carbocycles. The van der Waals surface area contributed by atoms with Gasteiger partial charge in [-0.2, -0.15) is 0 Å². The molecule has 33 heavy (non-hydrogen) atoms. The number of nitrogens with one attached hydrogen (secondary N) is 2. The first-order valence-corrected chi connectivity index (χ1v) is 11.0. The number of hydrogen-bond acceptors (Lipinski definition) is 8. The molecule has 3 aromatic carbocycles. The highest BCUT2D eigenvalue weighted by atomic mass is 32.2. The number of ether oxygens (including phenoxy) is 2. The maximum absolute atomic E-state index is 12.9. The van der Waals surface area contributed by atoms with Crippen LogP contribution in [0.4, 0.5) is 17.1 Å². The molecule has 11 nitrogen and oxygen atoms in total. The van der Waals surface area contributed by atoms with Crippen LogP contribution in [0.25, 0.3) is 0 Å². The first-order valence-electron chi connectivity index (χ1n) is 9.55. The molecular formula is C21H17N3O8S. The van der Waals surface area contributed by atoms with E-state index in [0.717, 1.165) is 18.2 Å². The molecule has 1 heterocycles. The highest BCUT2D eigenvalue weighted by Crippen LogP contribution is 2.33. The number of sulfonamides is 1. The summed E-state index contributed by atoms with van der Waals surface area (Å²) in [5, 5.41) is 23.3. The van der Waals surface area contributed by atoms with E-state index in [1.54, 1.807) is 24.3 Å². The zero-order chi connectivity index (χ0) is 23.6. The molecule has 1 amide bonds. The number of rotatable bonds is 6. The van der Waals surface area contributed by atoms with Gasteiger partial charge in [0.15, 0.2) is 17.2 Å². The van der Waals surface area contributed by atoms with Gasteiger partial charge in [0, 0.05) is 17.8 Å². The smallest absolute Gasteiger partial charge is 0.312 e. The zero-order valence-corrected chi connectivity index (χ0v) is 17.7. The van der Waals surface area contributed by atoms with Crippen molar-refractivity contribution in [1.82, 2.24) is 0 Å². The molecule has 1 aliphatic heterocycles. The van der Waals surface area contributed by atoms with Crippen molar-refractivity contribution in [2.45, 2.75) is 4.90 Å². The highest BCUT2D eigenvalue weighted by Gasteiger charge is 2.23. The minimum atomic E-state index is -4.31. The van der Waals surface area contributed by atoms with Gasteiger partial charge in [0.2, 0.25) is 0 Å². The number of nitro benzene ring substituents is 1. The first-order chi connectivity index (χ1) is 15.7. The third kappa shape index (κ3) is 4.65. The van der Waals surface area contributed by atoms with Gasteiger partial charge in [-0.15, -0.1) is 0 Å². The highest BCUT2D eigenvalue weighted by molar-refractivity contribution is 7.92. The molecule has 0 radical (unpaired) electrons. The molecule has 0 aliphatic carbocycles. The second-order valence-electron chi connectivity index (χ2n) is 6.87. The summed E-state index contributed by atoms with van der Waals surface area (Å²) in [7, 11) is -4.31. The molecule has 170 valence electrons. The van der Waals surface area contributed by atoms with Crippen LogP contribution in [-0.2, 0) is 10.0 Å². The van der Waals surface area contributed by atoms with E-state index in [-0.39, 0.29) is 11.3 Å². The van der Waals surface area contributed by atoms with Crippen molar-refractivity contribution in [2.24, 2.45) is 0 Å². The fourth-order valence-corrected chi connectivity index (χ4v) is 4.21. The van der Waals surface area contributed by atoms with Gasteiger partial charge in [-0.3, -0.25) is 19.6 Å². The number of anilines is 2. The first kappa shape index (κ1) is 21.9. The Labute approximate surface area is 187 Å². The van der Waals surface area contributed by atoms with E-state index < -0.39 is 37.2 Å². The van der Waals surface area contributed by atoms with Crippen molar-refractivity contribution in [3.05, 3.63) is 76.3 Å². The Bertz CT molecular complexity index is 1360. The van der Waals surface area contributed by atoms with E-state index in [4.69, 9.17) is 9.47 Å². The lowest BCUT2D eigenvalue weighted by atomic mass is 10.1. The lowest BCUT2D eigenvalue weighted by Gasteiger charge is -2.19. The summed E-state index contributed by atoms with van der Waals surface area (Å²) in [6.45, 7) is 0.806. The summed E-state index contributed by atoms with van der Waals surface area (Å²) in [6, 6.07) is 13.4. The fourth-order valence-electron chi connectivity index (χ4n) is 3.11. The predicted octanol–water partition coefficient (Wildman–Crippen LogP) is 3.12. The van der Waals surface area contributed by atoms with Gasteiger partial charge in [-0.1, -0.05) is 12.1 Å². The number of fused-ring (bicyclic) bond motifs is 1. The number of aromatic hydroxyl groups is 1. The van der Waals surface area contributed by atoms with Crippen LogP contribution >= 0.6 is 0 Å². The van der Waals surface area contributed by atoms with Crippen molar-refractivity contribution in [1.29, 1.82) is 0 Å². The minimum Gasteiger partial charge on any atom is -0.502 e. The molecule has 3 aromatic rings. The zero-order valence-electron chi connectivity index (χ0n) is 16.8. The lowest BCUT2D eigenvalue weighted by Crippen LogP contribution is -2.19. The molecule has 0 atom stereocenters. The summed E-state index contributed by atoms with van der Waals surface area (Å²) in [6.07, 6.45) is 0. The quantitative estimate of drug-likeness (QED) is 0.365. The van der Waals surface area contributed by atoms with Crippen LogP contribution in [-0.4, -0.2) is 37.6 Å². The number of amides is 1. The van der Waals surface area contributed by atoms with Crippen LogP contribution in [0, 0.1) is 10.1 Å². The molecule has 0 aromatic heterocycles. The third-order valence-electron chi connectivity index (χ3n) is 4.67. The largest absolute Gasteiger partial charge is 0.502 e. The van der Waals surface area contributed by atoms with Gasteiger partial charge < -0.3 is 19.9 Å². The Morgan fingerprint density at radius 2 is 1.73 bits per heavy atom. The van der Waals surface area contributed by atoms with Crippen LogP contribution in [0.3, 0.4) is 0 Å². The molecule has 0 bridgehead atoms. The number of nitro groups is 1. The lowest BCUT2D eigenvalue weighted by molar-refractivity contribution is -0.386. The molecule has 4 rings (SSSR count). The molecule has 0 fully saturated rings. The van der Waals surface area contributed by atoms with Gasteiger partial charge >= 0.3 is 5.69 Å². The second kappa shape index (κ2) is 8.67. The maximum Gasteiger partial charge on any atom is 0.312 e. The Morgan fingerprint density at radius 1 is 1.00 bits per heavy atom. The summed E-state index contributed by atoms with van der Waals surface area (Å²) in [5.41, 5.74) is -0.369. The Balaban J connectivity index is 1.59. The number of carbonyl (C=O) groups excluding carboxylic acids is 1. The van der Waals surface area contributed by atoms with Gasteiger partial charge in [0.25, 0.3) is 15.9 Å². The maximum atomic E-state index is 12.9. The third-order valence-corrected chi connectivity index (χ3v) is 6.03. The number of hydrogen-bond donors (Lipinski definition) is 3. The van der Waals surface area contributed by atoms with Crippen LogP contribution in [0.15, 0.2) is 65.6 Å². The van der Waals surface area contributed by atoms with Crippen molar-refractivity contribution in [3.8, 4) is 17.2 Å². The number of para-hydroxylation sites is 1. The molecule has 0 unspecified atom stereocenters. The summed E-state index contributed by atoms with van der Waals surface area (Å²) in [5.74, 6) is -0.239. The number of nitrogens with zero attached hydrogens (tertiary/aromatic N) is 1. The standard InChI is InChI=1S/C21H17N3O8S/c25-18-7-6-14(12-17(18)24(27)28)33(29,30)23-16-4-2-1-3-15(16)21(26)22-13-5-8-19-20(11-13)32-10-9-31-19/h1-8,11-12,23,25H,9-10H2,(H,22,26). The summed E-state index contributed by atoms with van der Waals surface area (Å²) < 4.78 is 38.8. The Hall–Kier alpha value is -4.32. The average Bonchev–Trinajstić information content (AvgIpc) is 2.79. The Kier molecular flexibility index (Phi) is 5.75. The van der Waals surface area contributed by atoms with Crippen LogP contribution < -0.4 is 19.5 Å². The van der Waals surface area contributed by atoms with E-state index >= 15 is 0 Å². The summed E-state index contributed by atoms with van der Waals surface area (Å²) in [4.78, 5) is 22.5. The molecule has 12 heteroatoms. The van der Waals surface area contributed by atoms with Gasteiger partial charge in [0.05, 0.1) is 21.1 Å². The fraction of sp³-hybridized carbons (Fsp3) is 0.0952. The van der Waals surface area contributed by atoms with Gasteiger partial charge in [-0.25, -0.2) is 8.42 Å². The molecule has 0 spiro atoms. The van der Waals surface area contributed by atoms with E-state index in [9.17, 15) is 28.4 Å². The predicted molar refractivity (Wildman–Crippen MR) is 117 cm³/mol. The number of benzene rings is 3. The molecular weight excluding hydrogens is 454 g/mol. The van der Waals surface area contributed by atoms with E-state index in [1.807, 2.05) is 0 Å². The van der Waals surface area contributed by atoms with Crippen molar-refractivity contribution >= 4 is 33.0 Å². The van der Waals surface area contributed by atoms with Gasteiger partial charge in [0.1, 0.15) is 13.2 Å². The number of carbonyl (C=O) groups is 1. The SMILES string of the molecule is O=C(Nc1ccc2c(c1)OCCO2)c1ccccc1NS(=O)(=O)c1ccc(O)c([N+](=O)[O-])c1. The average molecular weight is 471 g/mol. The van der Waals surface area contributed by atoms with E-state index in [1.165, 1.54) is 18.2 Å². The van der Waals surface area contributed by atoms with Crippen LogP contribution in [0.1, 0.15) is 10.4 Å². The van der Waals surface area contributed by atoms with Crippen molar-refractivity contribution in [2.75, 3.05) is 23.3 Å². The normalized spacial score (nSPS) is 12.6. The summed E-state index contributed by atoms with van der Waals surface area (Å²) >= 11 is 0. The molecule has 3 N–H and O–H groups in total. The Morgan fingerprint density at radius 3 is 2.48 bits per heavy atom. The van der Waals surface area contributed by atoms with Crippen LogP contribution in [0.5, 0.6) is 17.2 Å². The topological polar surface area (TPSA) is 157 Å². The monoisotopic (exact) mass is 471 g/mol.